The first-order chi connectivity index (χ1) is 14.3. The first-order valence-corrected chi connectivity index (χ1v) is 10.8. The van der Waals surface area contributed by atoms with Crippen LogP contribution in [0, 0.1) is 0 Å². The zero-order valence-corrected chi connectivity index (χ0v) is 16.6. The fourth-order valence-corrected chi connectivity index (χ4v) is 3.88. The molecule has 7 nitrogen and oxygen atoms in total. The zero-order chi connectivity index (χ0) is 21.5. The van der Waals surface area contributed by atoms with Crippen molar-refractivity contribution in [1.29, 1.82) is 0 Å². The van der Waals surface area contributed by atoms with E-state index < -0.39 is 27.6 Å². The fraction of sp³-hybridized carbons (Fsp3) is 0.0455. The molecule has 0 atom stereocenters. The van der Waals surface area contributed by atoms with Gasteiger partial charge in [0.1, 0.15) is 0 Å². The van der Waals surface area contributed by atoms with E-state index in [4.69, 9.17) is 0 Å². The number of benzene rings is 3. The maximum absolute atomic E-state index is 12.7. The molecule has 3 aromatic rings. The van der Waals surface area contributed by atoms with Crippen molar-refractivity contribution in [1.82, 2.24) is 0 Å². The van der Waals surface area contributed by atoms with E-state index >= 15 is 0 Å². The Kier molecular flexibility index (Phi) is 4.71. The zero-order valence-electron chi connectivity index (χ0n) is 15.8. The Morgan fingerprint density at radius 2 is 1.47 bits per heavy atom. The molecular formula is C22H16N2O5S. The summed E-state index contributed by atoms with van der Waals surface area (Å²) in [7, 11) is -3.45. The molecule has 0 saturated carbocycles. The van der Waals surface area contributed by atoms with Crippen LogP contribution in [0.3, 0.4) is 0 Å². The predicted octanol–water partition coefficient (Wildman–Crippen LogP) is 3.14. The van der Waals surface area contributed by atoms with Gasteiger partial charge in [-0.05, 0) is 48.5 Å². The molecule has 1 heterocycles. The SMILES string of the molecule is CS(=O)(=O)c1cccc(C(=O)Nc2cccc(N3C(=O)c4ccccc4C3=O)c2)c1. The third-order valence-corrected chi connectivity index (χ3v) is 5.79. The Bertz CT molecular complexity index is 1280. The Morgan fingerprint density at radius 1 is 0.833 bits per heavy atom. The Labute approximate surface area is 172 Å². The summed E-state index contributed by atoms with van der Waals surface area (Å²) in [6.07, 6.45) is 1.07. The molecule has 1 aliphatic rings. The highest BCUT2D eigenvalue weighted by Gasteiger charge is 2.36. The number of nitrogens with zero attached hydrogens (tertiary/aromatic N) is 1. The van der Waals surface area contributed by atoms with Gasteiger partial charge in [0.25, 0.3) is 17.7 Å². The molecule has 150 valence electrons. The normalized spacial score (nSPS) is 13.3. The molecule has 0 aromatic heterocycles. The molecule has 0 radical (unpaired) electrons. The Morgan fingerprint density at radius 3 is 2.10 bits per heavy atom. The van der Waals surface area contributed by atoms with E-state index in [1.165, 1.54) is 30.3 Å². The van der Waals surface area contributed by atoms with Crippen LogP contribution in [0.2, 0.25) is 0 Å². The number of hydrogen-bond acceptors (Lipinski definition) is 5. The van der Waals surface area contributed by atoms with E-state index in [1.807, 2.05) is 0 Å². The number of fused-ring (bicyclic) bond motifs is 1. The van der Waals surface area contributed by atoms with E-state index in [1.54, 1.807) is 42.5 Å². The highest BCUT2D eigenvalue weighted by atomic mass is 32.2. The van der Waals surface area contributed by atoms with Crippen molar-refractivity contribution in [3.05, 3.63) is 89.5 Å². The number of amides is 3. The average Bonchev–Trinajstić information content (AvgIpc) is 2.98. The first kappa shape index (κ1) is 19.5. The van der Waals surface area contributed by atoms with Crippen molar-refractivity contribution < 1.29 is 22.8 Å². The van der Waals surface area contributed by atoms with Crippen molar-refractivity contribution >= 4 is 38.9 Å². The summed E-state index contributed by atoms with van der Waals surface area (Å²) in [6, 6.07) is 18.6. The smallest absolute Gasteiger partial charge is 0.266 e. The van der Waals surface area contributed by atoms with Gasteiger partial charge in [0.2, 0.25) is 0 Å². The molecule has 0 saturated heterocycles. The minimum atomic E-state index is -3.45. The highest BCUT2D eigenvalue weighted by molar-refractivity contribution is 7.90. The second kappa shape index (κ2) is 7.23. The molecule has 1 aliphatic heterocycles. The van der Waals surface area contributed by atoms with Gasteiger partial charge in [0, 0.05) is 17.5 Å². The van der Waals surface area contributed by atoms with Gasteiger partial charge in [0.05, 0.1) is 21.7 Å². The van der Waals surface area contributed by atoms with Gasteiger partial charge in [0.15, 0.2) is 9.84 Å². The Hall–Kier alpha value is -3.78. The molecule has 3 amide bonds. The quantitative estimate of drug-likeness (QED) is 0.654. The Balaban J connectivity index is 1.60. The lowest BCUT2D eigenvalue weighted by Crippen LogP contribution is -2.29. The van der Waals surface area contributed by atoms with Crippen LogP contribution in [0.15, 0.2) is 77.7 Å². The molecule has 1 N–H and O–H groups in total. The van der Waals surface area contributed by atoms with Crippen LogP contribution in [0.25, 0.3) is 0 Å². The fourth-order valence-electron chi connectivity index (χ4n) is 3.22. The third kappa shape index (κ3) is 3.48. The number of rotatable bonds is 4. The molecule has 30 heavy (non-hydrogen) atoms. The van der Waals surface area contributed by atoms with E-state index in [2.05, 4.69) is 5.32 Å². The van der Waals surface area contributed by atoms with Crippen molar-refractivity contribution in [2.75, 3.05) is 16.5 Å². The second-order valence-corrected chi connectivity index (χ2v) is 8.81. The molecule has 8 heteroatoms. The molecule has 3 aromatic carbocycles. The lowest BCUT2D eigenvalue weighted by Gasteiger charge is -2.15. The standard InChI is InChI=1S/C22H16N2O5S/c1-30(28,29)17-9-4-6-14(12-17)20(25)23-15-7-5-8-16(13-15)24-21(26)18-10-2-3-11-19(18)22(24)27/h2-13H,1H3,(H,23,25). The number of anilines is 2. The first-order valence-electron chi connectivity index (χ1n) is 8.95. The van der Waals surface area contributed by atoms with E-state index in [0.29, 0.717) is 22.5 Å². The molecule has 4 rings (SSSR count). The minimum absolute atomic E-state index is 0.0370. The second-order valence-electron chi connectivity index (χ2n) is 6.80. The van der Waals surface area contributed by atoms with Crippen molar-refractivity contribution in [3.63, 3.8) is 0 Å². The van der Waals surface area contributed by atoms with Crippen molar-refractivity contribution in [2.45, 2.75) is 4.90 Å². The highest BCUT2D eigenvalue weighted by Crippen LogP contribution is 2.29. The lowest BCUT2D eigenvalue weighted by molar-refractivity contribution is 0.0925. The van der Waals surface area contributed by atoms with Crippen LogP contribution >= 0.6 is 0 Å². The predicted molar refractivity (Wildman–Crippen MR) is 112 cm³/mol. The summed E-state index contributed by atoms with van der Waals surface area (Å²) in [5.74, 6) is -1.38. The largest absolute Gasteiger partial charge is 0.322 e. The lowest BCUT2D eigenvalue weighted by atomic mass is 10.1. The molecule has 0 fully saturated rings. The summed E-state index contributed by atoms with van der Waals surface area (Å²) < 4.78 is 23.4. The molecule has 0 unspecified atom stereocenters. The van der Waals surface area contributed by atoms with E-state index in [-0.39, 0.29) is 10.5 Å². The maximum atomic E-state index is 12.7. The van der Waals surface area contributed by atoms with Crippen molar-refractivity contribution in [2.24, 2.45) is 0 Å². The molecular weight excluding hydrogens is 404 g/mol. The summed E-state index contributed by atoms with van der Waals surface area (Å²) in [5.41, 5.74) is 1.51. The van der Waals surface area contributed by atoms with Gasteiger partial charge in [-0.25, -0.2) is 13.3 Å². The topological polar surface area (TPSA) is 101 Å². The summed E-state index contributed by atoms with van der Waals surface area (Å²) >= 11 is 0. The summed E-state index contributed by atoms with van der Waals surface area (Å²) in [6.45, 7) is 0. The van der Waals surface area contributed by atoms with Gasteiger partial charge >= 0.3 is 0 Å². The van der Waals surface area contributed by atoms with Crippen LogP contribution in [-0.2, 0) is 9.84 Å². The maximum Gasteiger partial charge on any atom is 0.266 e. The number of sulfone groups is 1. The van der Waals surface area contributed by atoms with Crippen LogP contribution in [0.1, 0.15) is 31.1 Å². The number of nitrogens with one attached hydrogen (secondary N) is 1. The third-order valence-electron chi connectivity index (χ3n) is 4.68. The molecule has 0 aliphatic carbocycles. The van der Waals surface area contributed by atoms with Gasteiger partial charge < -0.3 is 5.32 Å². The van der Waals surface area contributed by atoms with E-state index in [0.717, 1.165) is 11.2 Å². The number of hydrogen-bond donors (Lipinski definition) is 1. The van der Waals surface area contributed by atoms with Crippen LogP contribution in [0.5, 0.6) is 0 Å². The van der Waals surface area contributed by atoms with Gasteiger partial charge in [-0.3, -0.25) is 14.4 Å². The number of imide groups is 1. The molecule has 0 spiro atoms. The van der Waals surface area contributed by atoms with Gasteiger partial charge in [-0.15, -0.1) is 0 Å². The van der Waals surface area contributed by atoms with Crippen LogP contribution in [0.4, 0.5) is 11.4 Å². The van der Waals surface area contributed by atoms with E-state index in [9.17, 15) is 22.8 Å². The average molecular weight is 420 g/mol. The summed E-state index contributed by atoms with van der Waals surface area (Å²) in [4.78, 5) is 39.0. The summed E-state index contributed by atoms with van der Waals surface area (Å²) in [5, 5.41) is 2.67. The monoisotopic (exact) mass is 420 g/mol. The van der Waals surface area contributed by atoms with Crippen LogP contribution < -0.4 is 10.2 Å². The number of carbonyl (C=O) groups is 3. The number of carbonyl (C=O) groups excluding carboxylic acids is 3. The van der Waals surface area contributed by atoms with Crippen molar-refractivity contribution in [3.8, 4) is 0 Å². The van der Waals surface area contributed by atoms with Crippen LogP contribution in [-0.4, -0.2) is 32.4 Å². The molecule has 0 bridgehead atoms. The minimum Gasteiger partial charge on any atom is -0.322 e. The van der Waals surface area contributed by atoms with Gasteiger partial charge in [-0.2, -0.15) is 0 Å². The van der Waals surface area contributed by atoms with Gasteiger partial charge in [-0.1, -0.05) is 24.3 Å².